The first-order chi connectivity index (χ1) is 15.0. The maximum absolute atomic E-state index is 13.0. The van der Waals surface area contributed by atoms with Crippen LogP contribution in [0, 0.1) is 5.82 Å². The number of halogens is 1. The SMILES string of the molecule is CN1CCc2cc([C@@H](CNC(=O)C(=O)NCc3ccc(F)cc3)N3CCCC3)ccc21. The molecule has 6 nitrogen and oxygen atoms in total. The van der Waals surface area contributed by atoms with Crippen molar-refractivity contribution in [1.82, 2.24) is 15.5 Å². The van der Waals surface area contributed by atoms with Crippen LogP contribution in [0.4, 0.5) is 10.1 Å². The molecule has 0 radical (unpaired) electrons. The third-order valence-electron chi connectivity index (χ3n) is 6.23. The lowest BCUT2D eigenvalue weighted by molar-refractivity contribution is -0.139. The average molecular weight is 425 g/mol. The standard InChI is InChI=1S/C24H29FN4O2/c1-28-13-10-19-14-18(6-9-21(19)28)22(29-11-2-3-12-29)16-27-24(31)23(30)26-15-17-4-7-20(25)8-5-17/h4-9,14,22H,2-3,10-13,15-16H2,1H3,(H,26,30)(H,27,31)/t22-/m1/s1. The van der Waals surface area contributed by atoms with Crippen LogP contribution >= 0.6 is 0 Å². The highest BCUT2D eigenvalue weighted by Crippen LogP contribution is 2.32. The Hall–Kier alpha value is -2.93. The highest BCUT2D eigenvalue weighted by molar-refractivity contribution is 6.35. The van der Waals surface area contributed by atoms with Gasteiger partial charge in [0.25, 0.3) is 0 Å². The number of nitrogens with one attached hydrogen (secondary N) is 2. The summed E-state index contributed by atoms with van der Waals surface area (Å²) in [6.07, 6.45) is 3.33. The molecule has 0 bridgehead atoms. The van der Waals surface area contributed by atoms with Crippen LogP contribution in [-0.2, 0) is 22.6 Å². The molecule has 164 valence electrons. The third-order valence-corrected chi connectivity index (χ3v) is 6.23. The molecule has 2 aliphatic heterocycles. The van der Waals surface area contributed by atoms with E-state index in [0.717, 1.165) is 44.5 Å². The highest BCUT2D eigenvalue weighted by Gasteiger charge is 2.26. The molecule has 0 saturated carbocycles. The van der Waals surface area contributed by atoms with E-state index in [9.17, 15) is 14.0 Å². The Morgan fingerprint density at radius 2 is 1.71 bits per heavy atom. The van der Waals surface area contributed by atoms with Gasteiger partial charge in [-0.25, -0.2) is 4.39 Å². The molecular formula is C24H29FN4O2. The van der Waals surface area contributed by atoms with E-state index in [0.29, 0.717) is 6.54 Å². The molecule has 0 aliphatic carbocycles. The number of benzene rings is 2. The summed E-state index contributed by atoms with van der Waals surface area (Å²) in [6.45, 7) is 3.58. The molecule has 1 fully saturated rings. The van der Waals surface area contributed by atoms with Crippen LogP contribution in [0.5, 0.6) is 0 Å². The maximum atomic E-state index is 13.0. The zero-order chi connectivity index (χ0) is 21.8. The molecule has 7 heteroatoms. The first-order valence-corrected chi connectivity index (χ1v) is 10.9. The Morgan fingerprint density at radius 3 is 2.45 bits per heavy atom. The number of hydrogen-bond donors (Lipinski definition) is 2. The molecule has 2 heterocycles. The minimum atomic E-state index is -0.680. The number of likely N-dealkylation sites (tertiary alicyclic amines) is 1. The normalized spacial score (nSPS) is 16.8. The van der Waals surface area contributed by atoms with Gasteiger partial charge in [-0.2, -0.15) is 0 Å². The Balaban J connectivity index is 1.37. The number of carbonyl (C=O) groups excluding carboxylic acids is 2. The topological polar surface area (TPSA) is 64.7 Å². The Labute approximate surface area is 182 Å². The number of fused-ring (bicyclic) bond motifs is 1. The van der Waals surface area contributed by atoms with Gasteiger partial charge in [0.05, 0.1) is 6.04 Å². The predicted molar refractivity (Wildman–Crippen MR) is 118 cm³/mol. The van der Waals surface area contributed by atoms with Gasteiger partial charge in [-0.05, 0) is 67.2 Å². The molecular weight excluding hydrogens is 395 g/mol. The minimum Gasteiger partial charge on any atom is -0.374 e. The van der Waals surface area contributed by atoms with Crippen LogP contribution in [0.2, 0.25) is 0 Å². The number of rotatable bonds is 6. The predicted octanol–water partition coefficient (Wildman–Crippen LogP) is 2.39. The van der Waals surface area contributed by atoms with Gasteiger partial charge in [0, 0.05) is 32.4 Å². The second-order valence-electron chi connectivity index (χ2n) is 8.34. The molecule has 31 heavy (non-hydrogen) atoms. The molecule has 0 spiro atoms. The third kappa shape index (κ3) is 5.05. The number of carbonyl (C=O) groups is 2. The van der Waals surface area contributed by atoms with E-state index >= 15 is 0 Å². The lowest BCUT2D eigenvalue weighted by atomic mass is 10.0. The molecule has 2 aromatic carbocycles. The first kappa shape index (κ1) is 21.3. The van der Waals surface area contributed by atoms with Crippen molar-refractivity contribution in [3.8, 4) is 0 Å². The molecule has 1 atom stereocenters. The second-order valence-corrected chi connectivity index (χ2v) is 8.34. The van der Waals surface area contributed by atoms with E-state index in [4.69, 9.17) is 0 Å². The van der Waals surface area contributed by atoms with E-state index in [1.165, 1.54) is 28.9 Å². The molecule has 4 rings (SSSR count). The largest absolute Gasteiger partial charge is 0.374 e. The number of likely N-dealkylation sites (N-methyl/N-ethyl adjacent to an activating group) is 1. The minimum absolute atomic E-state index is 0.0487. The first-order valence-electron chi connectivity index (χ1n) is 10.9. The number of amides is 2. The number of nitrogens with zero attached hydrogens (tertiary/aromatic N) is 2. The highest BCUT2D eigenvalue weighted by atomic mass is 19.1. The van der Waals surface area contributed by atoms with Crippen LogP contribution in [0.25, 0.3) is 0 Å². The zero-order valence-corrected chi connectivity index (χ0v) is 17.9. The summed E-state index contributed by atoms with van der Waals surface area (Å²) in [5.74, 6) is -1.66. The fraction of sp³-hybridized carbons (Fsp3) is 0.417. The summed E-state index contributed by atoms with van der Waals surface area (Å²) >= 11 is 0. The molecule has 0 unspecified atom stereocenters. The van der Waals surface area contributed by atoms with E-state index in [1.54, 1.807) is 12.1 Å². The van der Waals surface area contributed by atoms with Gasteiger partial charge in [0.15, 0.2) is 0 Å². The number of anilines is 1. The molecule has 0 aromatic heterocycles. The summed E-state index contributed by atoms with van der Waals surface area (Å²) in [4.78, 5) is 29.3. The van der Waals surface area contributed by atoms with Gasteiger partial charge in [-0.15, -0.1) is 0 Å². The van der Waals surface area contributed by atoms with E-state index < -0.39 is 11.8 Å². The van der Waals surface area contributed by atoms with Crippen LogP contribution in [0.1, 0.15) is 35.6 Å². The second kappa shape index (κ2) is 9.47. The Morgan fingerprint density at radius 1 is 1.00 bits per heavy atom. The quantitative estimate of drug-likeness (QED) is 0.699. The number of hydrogen-bond acceptors (Lipinski definition) is 4. The van der Waals surface area contributed by atoms with E-state index in [-0.39, 0.29) is 18.4 Å². The molecule has 2 aromatic rings. The molecule has 2 aliphatic rings. The van der Waals surface area contributed by atoms with Crippen molar-refractivity contribution in [3.63, 3.8) is 0 Å². The van der Waals surface area contributed by atoms with Crippen molar-refractivity contribution in [1.29, 1.82) is 0 Å². The smallest absolute Gasteiger partial charge is 0.309 e. The summed E-state index contributed by atoms with van der Waals surface area (Å²) in [6, 6.07) is 12.4. The summed E-state index contributed by atoms with van der Waals surface area (Å²) in [5, 5.41) is 5.41. The maximum Gasteiger partial charge on any atom is 0.309 e. The van der Waals surface area contributed by atoms with Gasteiger partial charge in [0.1, 0.15) is 5.82 Å². The van der Waals surface area contributed by atoms with Gasteiger partial charge in [-0.3, -0.25) is 14.5 Å². The fourth-order valence-electron chi connectivity index (χ4n) is 4.44. The van der Waals surface area contributed by atoms with Crippen LogP contribution in [-0.4, -0.2) is 49.9 Å². The van der Waals surface area contributed by atoms with Gasteiger partial charge in [-0.1, -0.05) is 24.3 Å². The van der Waals surface area contributed by atoms with Gasteiger partial charge in [0.2, 0.25) is 0 Å². The summed E-state index contributed by atoms with van der Waals surface area (Å²) in [7, 11) is 2.11. The van der Waals surface area contributed by atoms with Crippen molar-refractivity contribution in [2.45, 2.75) is 31.8 Å². The summed E-state index contributed by atoms with van der Waals surface area (Å²) in [5.41, 5.74) is 4.53. The van der Waals surface area contributed by atoms with Crippen LogP contribution < -0.4 is 15.5 Å². The van der Waals surface area contributed by atoms with E-state index in [1.807, 2.05) is 0 Å². The molecule has 2 N–H and O–H groups in total. The van der Waals surface area contributed by atoms with Crippen LogP contribution in [0.3, 0.4) is 0 Å². The van der Waals surface area contributed by atoms with Crippen molar-refractivity contribution in [3.05, 3.63) is 65.0 Å². The van der Waals surface area contributed by atoms with Crippen LogP contribution in [0.15, 0.2) is 42.5 Å². The van der Waals surface area contributed by atoms with Crippen molar-refractivity contribution >= 4 is 17.5 Å². The summed E-state index contributed by atoms with van der Waals surface area (Å²) < 4.78 is 13.0. The Bertz CT molecular complexity index is 941. The Kier molecular flexibility index (Phi) is 6.51. The molecule has 2 amide bonds. The lowest BCUT2D eigenvalue weighted by Gasteiger charge is -2.28. The van der Waals surface area contributed by atoms with Gasteiger partial charge < -0.3 is 15.5 Å². The monoisotopic (exact) mass is 424 g/mol. The van der Waals surface area contributed by atoms with Gasteiger partial charge >= 0.3 is 11.8 Å². The fourth-order valence-corrected chi connectivity index (χ4v) is 4.44. The van der Waals surface area contributed by atoms with Crippen molar-refractivity contribution in [2.24, 2.45) is 0 Å². The average Bonchev–Trinajstić information content (AvgIpc) is 3.43. The van der Waals surface area contributed by atoms with Crippen molar-refractivity contribution < 1.29 is 14.0 Å². The lowest BCUT2D eigenvalue weighted by Crippen LogP contribution is -2.43. The van der Waals surface area contributed by atoms with E-state index in [2.05, 4.69) is 45.7 Å². The molecule has 1 saturated heterocycles. The zero-order valence-electron chi connectivity index (χ0n) is 17.9. The van der Waals surface area contributed by atoms with Crippen molar-refractivity contribution in [2.75, 3.05) is 38.1 Å².